The predicted molar refractivity (Wildman–Crippen MR) is 115 cm³/mol. The molecule has 2 aromatic heterocycles. The molecule has 0 aliphatic carbocycles. The second kappa shape index (κ2) is 8.69. The summed E-state index contributed by atoms with van der Waals surface area (Å²) in [5.74, 6) is 2.71. The highest BCUT2D eigenvalue weighted by atomic mass is 16.5. The van der Waals surface area contributed by atoms with Crippen LogP contribution in [0.3, 0.4) is 0 Å². The van der Waals surface area contributed by atoms with Gasteiger partial charge in [-0.25, -0.2) is 0 Å². The standard InChI is InChI=1S/C22H28N6O2/c1-15(2)21-25-24-19-10-11-20(26-28(19)21)27-12-6-8-17(14-27)22(29)23-13-16-7-4-5-9-18(16)30-3/h4-5,7,9-11,15,17H,6,8,12-14H2,1-3H3,(H,23,29). The fourth-order valence-corrected chi connectivity index (χ4v) is 3.90. The maximum absolute atomic E-state index is 12.8. The predicted octanol–water partition coefficient (Wildman–Crippen LogP) is 2.79. The zero-order valence-corrected chi connectivity index (χ0v) is 17.7. The smallest absolute Gasteiger partial charge is 0.225 e. The Morgan fingerprint density at radius 3 is 2.87 bits per heavy atom. The van der Waals surface area contributed by atoms with Gasteiger partial charge in [0.05, 0.1) is 13.0 Å². The Balaban J connectivity index is 1.44. The third kappa shape index (κ3) is 4.08. The summed E-state index contributed by atoms with van der Waals surface area (Å²) in [6.45, 7) is 6.15. The second-order valence-corrected chi connectivity index (χ2v) is 7.99. The summed E-state index contributed by atoms with van der Waals surface area (Å²) >= 11 is 0. The summed E-state index contributed by atoms with van der Waals surface area (Å²) in [5, 5.41) is 16.3. The van der Waals surface area contributed by atoms with E-state index >= 15 is 0 Å². The van der Waals surface area contributed by atoms with Gasteiger partial charge in [0, 0.05) is 31.1 Å². The van der Waals surface area contributed by atoms with Gasteiger partial charge in [-0.1, -0.05) is 32.0 Å². The van der Waals surface area contributed by atoms with Crippen molar-refractivity contribution in [3.63, 3.8) is 0 Å². The van der Waals surface area contributed by atoms with Gasteiger partial charge in [0.15, 0.2) is 11.5 Å². The number of rotatable bonds is 6. The number of anilines is 1. The molecular formula is C22H28N6O2. The summed E-state index contributed by atoms with van der Waals surface area (Å²) in [6.07, 6.45) is 1.83. The quantitative estimate of drug-likeness (QED) is 0.675. The SMILES string of the molecule is COc1ccccc1CNC(=O)C1CCCN(c2ccc3nnc(C(C)C)n3n2)C1. The van der Waals surface area contributed by atoms with Crippen LogP contribution in [0.5, 0.6) is 5.75 Å². The van der Waals surface area contributed by atoms with Gasteiger partial charge in [-0.05, 0) is 31.0 Å². The number of amides is 1. The topological polar surface area (TPSA) is 84.6 Å². The number of fused-ring (bicyclic) bond motifs is 1. The van der Waals surface area contributed by atoms with E-state index in [1.807, 2.05) is 40.9 Å². The van der Waals surface area contributed by atoms with Crippen molar-refractivity contribution in [2.24, 2.45) is 5.92 Å². The lowest BCUT2D eigenvalue weighted by molar-refractivity contribution is -0.125. The molecule has 158 valence electrons. The molecule has 3 heterocycles. The molecule has 0 spiro atoms. The van der Waals surface area contributed by atoms with Crippen LogP contribution in [0.4, 0.5) is 5.82 Å². The molecule has 4 rings (SSSR count). The number of aromatic nitrogens is 4. The number of hydrogen-bond donors (Lipinski definition) is 1. The third-order valence-electron chi connectivity index (χ3n) is 5.55. The normalized spacial score (nSPS) is 16.8. The molecule has 1 fully saturated rings. The minimum absolute atomic E-state index is 0.0684. The van der Waals surface area contributed by atoms with E-state index in [0.717, 1.165) is 48.0 Å². The fourth-order valence-electron chi connectivity index (χ4n) is 3.90. The van der Waals surface area contributed by atoms with Crippen LogP contribution in [0.1, 0.15) is 44.0 Å². The molecule has 0 radical (unpaired) electrons. The Morgan fingerprint density at radius 1 is 1.23 bits per heavy atom. The highest BCUT2D eigenvalue weighted by Crippen LogP contribution is 2.23. The van der Waals surface area contributed by atoms with Crippen molar-refractivity contribution in [2.75, 3.05) is 25.1 Å². The van der Waals surface area contributed by atoms with Crippen molar-refractivity contribution in [1.82, 2.24) is 25.1 Å². The highest BCUT2D eigenvalue weighted by Gasteiger charge is 2.27. The molecule has 0 saturated carbocycles. The summed E-state index contributed by atoms with van der Waals surface area (Å²) in [4.78, 5) is 15.0. The average molecular weight is 409 g/mol. The molecule has 1 unspecified atom stereocenters. The average Bonchev–Trinajstić information content (AvgIpc) is 3.21. The summed E-state index contributed by atoms with van der Waals surface area (Å²) in [6, 6.07) is 11.6. The molecule has 1 amide bonds. The van der Waals surface area contributed by atoms with E-state index < -0.39 is 0 Å². The van der Waals surface area contributed by atoms with Crippen molar-refractivity contribution in [3.8, 4) is 5.75 Å². The minimum Gasteiger partial charge on any atom is -0.496 e. The van der Waals surface area contributed by atoms with Crippen molar-refractivity contribution in [3.05, 3.63) is 47.8 Å². The van der Waals surface area contributed by atoms with E-state index in [1.165, 1.54) is 0 Å². The van der Waals surface area contributed by atoms with Gasteiger partial charge < -0.3 is 15.0 Å². The van der Waals surface area contributed by atoms with Crippen LogP contribution in [-0.4, -0.2) is 45.9 Å². The lowest BCUT2D eigenvalue weighted by atomic mass is 9.97. The van der Waals surface area contributed by atoms with E-state index in [2.05, 4.69) is 34.3 Å². The fraction of sp³-hybridized carbons (Fsp3) is 0.455. The first kappa shape index (κ1) is 20.1. The Hall–Kier alpha value is -3.16. The number of ether oxygens (including phenoxy) is 1. The molecule has 1 aliphatic heterocycles. The van der Waals surface area contributed by atoms with E-state index in [1.54, 1.807) is 7.11 Å². The van der Waals surface area contributed by atoms with Gasteiger partial charge in [0.25, 0.3) is 0 Å². The number of benzene rings is 1. The lowest BCUT2D eigenvalue weighted by Gasteiger charge is -2.32. The summed E-state index contributed by atoms with van der Waals surface area (Å²) < 4.78 is 7.18. The number of hydrogen-bond acceptors (Lipinski definition) is 6. The number of piperidine rings is 1. The van der Waals surface area contributed by atoms with Crippen molar-refractivity contribution in [2.45, 2.75) is 39.2 Å². The van der Waals surface area contributed by atoms with Gasteiger partial charge in [-0.3, -0.25) is 4.79 Å². The summed E-state index contributed by atoms with van der Waals surface area (Å²) in [5.41, 5.74) is 1.72. The molecule has 1 N–H and O–H groups in total. The minimum atomic E-state index is -0.0727. The van der Waals surface area contributed by atoms with Crippen molar-refractivity contribution >= 4 is 17.4 Å². The molecule has 1 aromatic carbocycles. The number of nitrogens with one attached hydrogen (secondary N) is 1. The lowest BCUT2D eigenvalue weighted by Crippen LogP contribution is -2.43. The molecule has 0 bridgehead atoms. The first-order valence-corrected chi connectivity index (χ1v) is 10.4. The van der Waals surface area contributed by atoms with E-state index in [-0.39, 0.29) is 17.7 Å². The van der Waals surface area contributed by atoms with Crippen molar-refractivity contribution < 1.29 is 9.53 Å². The Bertz CT molecular complexity index is 1030. The van der Waals surface area contributed by atoms with E-state index in [9.17, 15) is 4.79 Å². The second-order valence-electron chi connectivity index (χ2n) is 7.99. The number of carbonyl (C=O) groups excluding carboxylic acids is 1. The van der Waals surface area contributed by atoms with Crippen LogP contribution >= 0.6 is 0 Å². The van der Waals surface area contributed by atoms with Crippen LogP contribution in [0.15, 0.2) is 36.4 Å². The zero-order valence-electron chi connectivity index (χ0n) is 17.7. The van der Waals surface area contributed by atoms with E-state index in [0.29, 0.717) is 13.1 Å². The van der Waals surface area contributed by atoms with Gasteiger partial charge in [0.2, 0.25) is 5.91 Å². The van der Waals surface area contributed by atoms with E-state index in [4.69, 9.17) is 9.84 Å². The Morgan fingerprint density at radius 2 is 2.07 bits per heavy atom. The first-order valence-electron chi connectivity index (χ1n) is 10.4. The molecule has 1 saturated heterocycles. The molecule has 3 aromatic rings. The monoisotopic (exact) mass is 408 g/mol. The van der Waals surface area contributed by atoms with Crippen LogP contribution in [0.25, 0.3) is 5.65 Å². The largest absolute Gasteiger partial charge is 0.496 e. The Labute approximate surface area is 176 Å². The van der Waals surface area contributed by atoms with Crippen LogP contribution in [0.2, 0.25) is 0 Å². The molecule has 8 nitrogen and oxygen atoms in total. The number of carbonyl (C=O) groups is 1. The Kier molecular flexibility index (Phi) is 5.83. The van der Waals surface area contributed by atoms with Gasteiger partial charge >= 0.3 is 0 Å². The van der Waals surface area contributed by atoms with Gasteiger partial charge in [0.1, 0.15) is 11.6 Å². The van der Waals surface area contributed by atoms with Crippen LogP contribution < -0.4 is 15.0 Å². The van der Waals surface area contributed by atoms with Crippen molar-refractivity contribution in [1.29, 1.82) is 0 Å². The molecule has 1 aliphatic rings. The maximum atomic E-state index is 12.8. The van der Waals surface area contributed by atoms with Gasteiger partial charge in [-0.2, -0.15) is 4.52 Å². The number of methoxy groups -OCH3 is 1. The number of nitrogens with zero attached hydrogens (tertiary/aromatic N) is 5. The summed E-state index contributed by atoms with van der Waals surface area (Å²) in [7, 11) is 1.64. The first-order chi connectivity index (χ1) is 14.6. The maximum Gasteiger partial charge on any atom is 0.225 e. The molecule has 8 heteroatoms. The van der Waals surface area contributed by atoms with Crippen LogP contribution in [-0.2, 0) is 11.3 Å². The molecular weight excluding hydrogens is 380 g/mol. The number of para-hydroxylation sites is 1. The van der Waals surface area contributed by atoms with Gasteiger partial charge in [-0.15, -0.1) is 15.3 Å². The third-order valence-corrected chi connectivity index (χ3v) is 5.55. The van der Waals surface area contributed by atoms with Crippen LogP contribution in [0, 0.1) is 5.92 Å². The zero-order chi connectivity index (χ0) is 21.1. The molecule has 30 heavy (non-hydrogen) atoms. The highest BCUT2D eigenvalue weighted by molar-refractivity contribution is 5.79. The molecule has 1 atom stereocenters.